The molecule has 1 aromatic carbocycles. The molecule has 0 unspecified atom stereocenters. The number of benzene rings is 1. The molecule has 0 saturated carbocycles. The van der Waals surface area contributed by atoms with Gasteiger partial charge >= 0.3 is 0 Å². The number of rotatable bonds is 3. The van der Waals surface area contributed by atoms with Crippen molar-refractivity contribution in [2.24, 2.45) is 0 Å². The van der Waals surface area contributed by atoms with Crippen molar-refractivity contribution in [2.75, 3.05) is 32.8 Å². The number of carbonyl (C=O) groups excluding carboxylic acids is 3. The summed E-state index contributed by atoms with van der Waals surface area (Å²) in [4.78, 5) is 50.8. The Morgan fingerprint density at radius 1 is 1.13 bits per heavy atom. The van der Waals surface area contributed by atoms with Crippen LogP contribution in [0.3, 0.4) is 0 Å². The van der Waals surface area contributed by atoms with E-state index in [-0.39, 0.29) is 48.3 Å². The fraction of sp³-hybridized carbons (Fsp3) is 0.407. The zero-order valence-corrected chi connectivity index (χ0v) is 21.2. The minimum absolute atomic E-state index is 0.0294. The van der Waals surface area contributed by atoms with Crippen molar-refractivity contribution < 1.29 is 23.6 Å². The van der Waals surface area contributed by atoms with Crippen molar-refractivity contribution in [2.45, 2.75) is 38.1 Å². The molecule has 11 heteroatoms. The number of nitrogens with zero attached hydrogens (tertiary/aromatic N) is 5. The molecule has 1 saturated heterocycles. The van der Waals surface area contributed by atoms with Gasteiger partial charge in [-0.2, -0.15) is 0 Å². The minimum atomic E-state index is -0.352. The highest BCUT2D eigenvalue weighted by molar-refractivity contribution is 5.92. The Hall–Kier alpha value is -4.28. The summed E-state index contributed by atoms with van der Waals surface area (Å²) in [6, 6.07) is 9.14. The zero-order chi connectivity index (χ0) is 26.5. The SMILES string of the molecule is Cc1cc(CC(=O)N2CCCCOc3cccc(c3)[C@H]3CN(C(=O)c4cnccn4)C[C@@H]3NC(=O)C2)on1. The molecule has 3 aromatic rings. The Balaban J connectivity index is 1.36. The Kier molecular flexibility index (Phi) is 7.62. The molecule has 2 aromatic heterocycles. The number of likely N-dealkylation sites (tertiary alicyclic amines) is 1. The van der Waals surface area contributed by atoms with Crippen LogP contribution in [-0.4, -0.2) is 81.5 Å². The first-order valence-electron chi connectivity index (χ1n) is 12.7. The van der Waals surface area contributed by atoms with E-state index in [4.69, 9.17) is 9.26 Å². The molecule has 38 heavy (non-hydrogen) atoms. The maximum absolute atomic E-state index is 13.2. The molecular weight excluding hydrogens is 488 g/mol. The quantitative estimate of drug-likeness (QED) is 0.555. The first kappa shape index (κ1) is 25.4. The van der Waals surface area contributed by atoms with Gasteiger partial charge in [0.2, 0.25) is 11.8 Å². The molecule has 2 atom stereocenters. The van der Waals surface area contributed by atoms with Crippen LogP contribution in [0.1, 0.15) is 46.3 Å². The maximum atomic E-state index is 13.2. The van der Waals surface area contributed by atoms with Gasteiger partial charge in [-0.3, -0.25) is 19.4 Å². The van der Waals surface area contributed by atoms with E-state index in [1.807, 2.05) is 24.3 Å². The standard InChI is InChI=1S/C27H30N6O5/c1-18-11-21(38-31-18)13-26(35)32-9-2-3-10-37-20-6-4-5-19(12-20)22-15-33(16-24(22)30-25(34)17-32)27(36)23-14-28-7-8-29-23/h4-8,11-12,14,22,24H,2-3,9-10,13,15-17H2,1H3,(H,30,34)/t22-,24+/m1/s1. The molecule has 0 spiro atoms. The van der Waals surface area contributed by atoms with Crippen LogP contribution in [0.4, 0.5) is 0 Å². The fourth-order valence-corrected chi connectivity index (χ4v) is 4.93. The third kappa shape index (κ3) is 5.99. The molecule has 11 nitrogen and oxygen atoms in total. The molecule has 2 aliphatic rings. The maximum Gasteiger partial charge on any atom is 0.274 e. The molecule has 0 aliphatic carbocycles. The van der Waals surface area contributed by atoms with Crippen molar-refractivity contribution in [3.63, 3.8) is 0 Å². The Labute approximate surface area is 220 Å². The van der Waals surface area contributed by atoms with Crippen molar-refractivity contribution in [1.29, 1.82) is 0 Å². The van der Waals surface area contributed by atoms with Gasteiger partial charge in [0.05, 0.1) is 37.5 Å². The second kappa shape index (κ2) is 11.4. The summed E-state index contributed by atoms with van der Waals surface area (Å²) in [5, 5.41) is 6.93. The number of amides is 3. The van der Waals surface area contributed by atoms with E-state index in [9.17, 15) is 14.4 Å². The van der Waals surface area contributed by atoms with E-state index in [0.29, 0.717) is 44.1 Å². The summed E-state index contributed by atoms with van der Waals surface area (Å²) >= 11 is 0. The third-order valence-corrected chi connectivity index (χ3v) is 6.80. The third-order valence-electron chi connectivity index (χ3n) is 6.80. The molecular formula is C27H30N6O5. The Morgan fingerprint density at radius 2 is 2.03 bits per heavy atom. The predicted octanol–water partition coefficient (Wildman–Crippen LogP) is 1.74. The van der Waals surface area contributed by atoms with E-state index >= 15 is 0 Å². The number of hydrogen-bond acceptors (Lipinski definition) is 8. The van der Waals surface area contributed by atoms with Crippen LogP contribution in [-0.2, 0) is 16.0 Å². The number of hydrogen-bond donors (Lipinski definition) is 1. The zero-order valence-electron chi connectivity index (χ0n) is 21.2. The van der Waals surface area contributed by atoms with Crippen LogP contribution in [0.2, 0.25) is 0 Å². The molecule has 198 valence electrons. The van der Waals surface area contributed by atoms with Gasteiger partial charge in [0.1, 0.15) is 17.2 Å². The van der Waals surface area contributed by atoms with Crippen molar-refractivity contribution in [3.05, 3.63) is 71.6 Å². The first-order valence-corrected chi connectivity index (χ1v) is 12.7. The second-order valence-electron chi connectivity index (χ2n) is 9.64. The van der Waals surface area contributed by atoms with Crippen LogP contribution in [0.5, 0.6) is 5.75 Å². The van der Waals surface area contributed by atoms with Crippen LogP contribution in [0, 0.1) is 6.92 Å². The fourth-order valence-electron chi connectivity index (χ4n) is 4.93. The van der Waals surface area contributed by atoms with Gasteiger partial charge in [0.25, 0.3) is 5.91 Å². The molecule has 1 fully saturated rings. The average molecular weight is 519 g/mol. The van der Waals surface area contributed by atoms with Crippen molar-refractivity contribution in [3.8, 4) is 5.75 Å². The molecule has 3 amide bonds. The average Bonchev–Trinajstić information content (AvgIpc) is 3.53. The van der Waals surface area contributed by atoms with Gasteiger partial charge in [-0.25, -0.2) is 4.98 Å². The summed E-state index contributed by atoms with van der Waals surface area (Å²) in [6.45, 7) is 3.31. The van der Waals surface area contributed by atoms with Crippen LogP contribution < -0.4 is 10.1 Å². The monoisotopic (exact) mass is 518 g/mol. The summed E-state index contributed by atoms with van der Waals surface area (Å²) < 4.78 is 11.2. The lowest BCUT2D eigenvalue weighted by Gasteiger charge is -2.25. The number of aromatic nitrogens is 3. The predicted molar refractivity (Wildman–Crippen MR) is 135 cm³/mol. The highest BCUT2D eigenvalue weighted by Crippen LogP contribution is 2.31. The molecule has 4 heterocycles. The van der Waals surface area contributed by atoms with Crippen molar-refractivity contribution in [1.82, 2.24) is 30.2 Å². The largest absolute Gasteiger partial charge is 0.494 e. The number of fused-ring (bicyclic) bond motifs is 4. The van der Waals surface area contributed by atoms with E-state index < -0.39 is 0 Å². The van der Waals surface area contributed by atoms with Gasteiger partial charge in [0, 0.05) is 44.0 Å². The lowest BCUT2D eigenvalue weighted by Crippen LogP contribution is -2.47. The van der Waals surface area contributed by atoms with Crippen molar-refractivity contribution >= 4 is 17.7 Å². The molecule has 1 N–H and O–H groups in total. The summed E-state index contributed by atoms with van der Waals surface area (Å²) in [7, 11) is 0. The number of nitrogens with one attached hydrogen (secondary N) is 1. The lowest BCUT2D eigenvalue weighted by atomic mass is 9.94. The van der Waals surface area contributed by atoms with Gasteiger partial charge in [-0.15, -0.1) is 0 Å². The number of carbonyl (C=O) groups is 3. The van der Waals surface area contributed by atoms with Gasteiger partial charge < -0.3 is 24.4 Å². The van der Waals surface area contributed by atoms with E-state index in [0.717, 1.165) is 17.7 Å². The van der Waals surface area contributed by atoms with E-state index in [1.54, 1.807) is 22.8 Å². The van der Waals surface area contributed by atoms with Gasteiger partial charge in [-0.05, 0) is 37.5 Å². The topological polar surface area (TPSA) is 131 Å². The second-order valence-corrected chi connectivity index (χ2v) is 9.64. The van der Waals surface area contributed by atoms with Crippen LogP contribution in [0.15, 0.2) is 53.4 Å². The van der Waals surface area contributed by atoms with E-state index in [1.165, 1.54) is 18.6 Å². The Morgan fingerprint density at radius 3 is 2.82 bits per heavy atom. The van der Waals surface area contributed by atoms with Crippen LogP contribution >= 0.6 is 0 Å². The van der Waals surface area contributed by atoms with Gasteiger partial charge in [0.15, 0.2) is 0 Å². The highest BCUT2D eigenvalue weighted by atomic mass is 16.5. The highest BCUT2D eigenvalue weighted by Gasteiger charge is 2.38. The molecule has 0 radical (unpaired) electrons. The molecule has 5 rings (SSSR count). The smallest absolute Gasteiger partial charge is 0.274 e. The van der Waals surface area contributed by atoms with Crippen LogP contribution in [0.25, 0.3) is 0 Å². The molecule has 2 aliphatic heterocycles. The minimum Gasteiger partial charge on any atom is -0.494 e. The lowest BCUT2D eigenvalue weighted by molar-refractivity contribution is -0.136. The Bertz CT molecular complexity index is 1300. The van der Waals surface area contributed by atoms with Gasteiger partial charge in [-0.1, -0.05) is 17.3 Å². The number of ether oxygens (including phenoxy) is 1. The summed E-state index contributed by atoms with van der Waals surface area (Å²) in [6.07, 6.45) is 5.87. The van der Waals surface area contributed by atoms with E-state index in [2.05, 4.69) is 20.4 Å². The molecule has 2 bridgehead atoms. The summed E-state index contributed by atoms with van der Waals surface area (Å²) in [5.41, 5.74) is 1.91. The number of aryl methyl sites for hydroxylation is 1. The normalized spacial score (nSPS) is 20.2. The first-order chi connectivity index (χ1) is 18.5. The summed E-state index contributed by atoms with van der Waals surface area (Å²) in [5.74, 6) is 0.300.